The van der Waals surface area contributed by atoms with E-state index < -0.39 is 11.6 Å². The molecule has 0 radical (unpaired) electrons. The van der Waals surface area contributed by atoms with E-state index in [4.69, 9.17) is 0 Å². The Morgan fingerprint density at radius 3 is 2.74 bits per heavy atom. The maximum Gasteiger partial charge on any atom is 0.254 e. The third-order valence-electron chi connectivity index (χ3n) is 4.06. The highest BCUT2D eigenvalue weighted by Crippen LogP contribution is 2.29. The number of hydrogen-bond acceptors (Lipinski definition) is 2. The Hall–Kier alpha value is -1.49. The normalized spacial score (nSPS) is 26.3. The molecule has 2 aliphatic rings. The number of halogens is 2. The Morgan fingerprint density at radius 2 is 1.95 bits per heavy atom. The molecule has 2 heterocycles. The number of carbonyl (C=O) groups excluding carboxylic acids is 1. The smallest absolute Gasteiger partial charge is 0.254 e. The summed E-state index contributed by atoms with van der Waals surface area (Å²) in [5, 5.41) is 3.31. The molecule has 2 atom stereocenters. The van der Waals surface area contributed by atoms with E-state index in [0.29, 0.717) is 0 Å². The molecule has 2 saturated heterocycles. The number of rotatable bonds is 1. The zero-order valence-electron chi connectivity index (χ0n) is 10.5. The van der Waals surface area contributed by atoms with Crippen molar-refractivity contribution in [2.24, 2.45) is 0 Å². The Kier molecular flexibility index (Phi) is 3.22. The molecule has 19 heavy (non-hydrogen) atoms. The summed E-state index contributed by atoms with van der Waals surface area (Å²) in [6.07, 6.45) is 2.90. The lowest BCUT2D eigenvalue weighted by Gasteiger charge is -2.28. The first kappa shape index (κ1) is 12.5. The molecule has 102 valence electrons. The van der Waals surface area contributed by atoms with Crippen LogP contribution in [0, 0.1) is 11.6 Å². The van der Waals surface area contributed by atoms with Gasteiger partial charge in [0.2, 0.25) is 0 Å². The fraction of sp³-hybridized carbons (Fsp3) is 0.500. The van der Waals surface area contributed by atoms with Crippen molar-refractivity contribution in [1.29, 1.82) is 0 Å². The van der Waals surface area contributed by atoms with Crippen molar-refractivity contribution in [2.75, 3.05) is 13.1 Å². The lowest BCUT2D eigenvalue weighted by Crippen LogP contribution is -2.42. The van der Waals surface area contributed by atoms with Crippen LogP contribution in [-0.4, -0.2) is 36.0 Å². The van der Waals surface area contributed by atoms with Gasteiger partial charge in [0.05, 0.1) is 0 Å². The topological polar surface area (TPSA) is 32.3 Å². The first-order valence-corrected chi connectivity index (χ1v) is 6.65. The number of fused-ring (bicyclic) bond motifs is 2. The Labute approximate surface area is 110 Å². The van der Waals surface area contributed by atoms with Crippen LogP contribution in [0.3, 0.4) is 0 Å². The van der Waals surface area contributed by atoms with Crippen LogP contribution in [0.1, 0.15) is 29.6 Å². The van der Waals surface area contributed by atoms with Crippen molar-refractivity contribution >= 4 is 5.91 Å². The minimum atomic E-state index is -0.967. The number of amides is 1. The first-order chi connectivity index (χ1) is 9.16. The van der Waals surface area contributed by atoms with Gasteiger partial charge in [-0.25, -0.2) is 8.78 Å². The second-order valence-corrected chi connectivity index (χ2v) is 5.22. The molecular weight excluding hydrogens is 250 g/mol. The van der Waals surface area contributed by atoms with Gasteiger partial charge in [-0.1, -0.05) is 0 Å². The summed E-state index contributed by atoms with van der Waals surface area (Å²) in [5.41, 5.74) is 0.234. The van der Waals surface area contributed by atoms with Gasteiger partial charge in [-0.15, -0.1) is 0 Å². The Balaban J connectivity index is 1.88. The van der Waals surface area contributed by atoms with Crippen LogP contribution in [0.2, 0.25) is 0 Å². The van der Waals surface area contributed by atoms with E-state index >= 15 is 0 Å². The SMILES string of the molecule is O=C(c1ccc(F)c(F)c1)N1C2CCNCC1CC2. The Bertz CT molecular complexity index is 492. The van der Waals surface area contributed by atoms with Crippen molar-refractivity contribution in [2.45, 2.75) is 31.3 Å². The molecule has 1 amide bonds. The van der Waals surface area contributed by atoms with Gasteiger partial charge < -0.3 is 10.2 Å². The van der Waals surface area contributed by atoms with E-state index in [0.717, 1.165) is 44.5 Å². The molecule has 1 N–H and O–H groups in total. The van der Waals surface area contributed by atoms with E-state index in [9.17, 15) is 13.6 Å². The predicted molar refractivity (Wildman–Crippen MR) is 66.8 cm³/mol. The fourth-order valence-electron chi connectivity index (χ4n) is 3.09. The summed E-state index contributed by atoms with van der Waals surface area (Å²) in [4.78, 5) is 14.3. The standard InChI is InChI=1S/C14H16F2N2O/c15-12-4-1-9(7-13(12)16)14(19)18-10-2-3-11(18)8-17-6-5-10/h1,4,7,10-11,17H,2-3,5-6,8H2. The average Bonchev–Trinajstić information content (AvgIpc) is 2.65. The summed E-state index contributed by atoms with van der Waals surface area (Å²) in [6.45, 7) is 1.69. The van der Waals surface area contributed by atoms with Crippen molar-refractivity contribution < 1.29 is 13.6 Å². The molecule has 2 unspecified atom stereocenters. The molecule has 2 fully saturated rings. The summed E-state index contributed by atoms with van der Waals surface area (Å²) < 4.78 is 26.2. The number of hydrogen-bond donors (Lipinski definition) is 1. The minimum absolute atomic E-state index is 0.174. The summed E-state index contributed by atoms with van der Waals surface area (Å²) in [6, 6.07) is 3.77. The van der Waals surface area contributed by atoms with Crippen LogP contribution < -0.4 is 5.32 Å². The van der Waals surface area contributed by atoms with Gasteiger partial charge in [0.15, 0.2) is 11.6 Å². The zero-order chi connectivity index (χ0) is 13.4. The monoisotopic (exact) mass is 266 g/mol. The largest absolute Gasteiger partial charge is 0.331 e. The third-order valence-corrected chi connectivity index (χ3v) is 4.06. The van der Waals surface area contributed by atoms with E-state index in [1.54, 1.807) is 0 Å². The van der Waals surface area contributed by atoms with Crippen molar-refractivity contribution in [3.63, 3.8) is 0 Å². The third kappa shape index (κ3) is 2.23. The van der Waals surface area contributed by atoms with E-state index in [1.165, 1.54) is 6.07 Å². The molecule has 0 spiro atoms. The second kappa shape index (κ2) is 4.89. The fourth-order valence-corrected chi connectivity index (χ4v) is 3.09. The first-order valence-electron chi connectivity index (χ1n) is 6.65. The van der Waals surface area contributed by atoms with Gasteiger partial charge >= 0.3 is 0 Å². The molecule has 5 heteroatoms. The molecule has 0 saturated carbocycles. The van der Waals surface area contributed by atoms with Gasteiger partial charge in [0.25, 0.3) is 5.91 Å². The van der Waals surface area contributed by atoms with Crippen molar-refractivity contribution in [3.8, 4) is 0 Å². The molecule has 3 rings (SSSR count). The summed E-state index contributed by atoms with van der Waals surface area (Å²) in [7, 11) is 0. The van der Waals surface area contributed by atoms with Crippen LogP contribution in [0.15, 0.2) is 18.2 Å². The maximum absolute atomic E-state index is 13.2. The van der Waals surface area contributed by atoms with Gasteiger partial charge in [-0.2, -0.15) is 0 Å². The number of nitrogens with zero attached hydrogens (tertiary/aromatic N) is 1. The van der Waals surface area contributed by atoms with Crippen LogP contribution in [-0.2, 0) is 0 Å². The second-order valence-electron chi connectivity index (χ2n) is 5.22. The highest BCUT2D eigenvalue weighted by atomic mass is 19.2. The molecule has 1 aromatic rings. The molecular formula is C14H16F2N2O. The van der Waals surface area contributed by atoms with Crippen LogP contribution in [0.5, 0.6) is 0 Å². The lowest BCUT2D eigenvalue weighted by molar-refractivity contribution is 0.0679. The van der Waals surface area contributed by atoms with E-state index in [-0.39, 0.29) is 23.6 Å². The highest BCUT2D eigenvalue weighted by Gasteiger charge is 2.38. The number of carbonyl (C=O) groups is 1. The molecule has 2 bridgehead atoms. The van der Waals surface area contributed by atoms with Crippen molar-refractivity contribution in [3.05, 3.63) is 35.4 Å². The van der Waals surface area contributed by atoms with E-state index in [2.05, 4.69) is 5.32 Å². The minimum Gasteiger partial charge on any atom is -0.331 e. The molecule has 0 aliphatic carbocycles. The van der Waals surface area contributed by atoms with Gasteiger partial charge in [-0.3, -0.25) is 4.79 Å². The molecule has 3 nitrogen and oxygen atoms in total. The highest BCUT2D eigenvalue weighted by molar-refractivity contribution is 5.94. The summed E-state index contributed by atoms with van der Waals surface area (Å²) in [5.74, 6) is -2.07. The van der Waals surface area contributed by atoms with Crippen LogP contribution in [0.4, 0.5) is 8.78 Å². The van der Waals surface area contributed by atoms with Gasteiger partial charge in [-0.05, 0) is 44.0 Å². The zero-order valence-corrected chi connectivity index (χ0v) is 10.5. The van der Waals surface area contributed by atoms with E-state index in [1.807, 2.05) is 4.90 Å². The summed E-state index contributed by atoms with van der Waals surface area (Å²) >= 11 is 0. The maximum atomic E-state index is 13.2. The van der Waals surface area contributed by atoms with Gasteiger partial charge in [0.1, 0.15) is 0 Å². The van der Waals surface area contributed by atoms with Gasteiger partial charge in [0, 0.05) is 24.2 Å². The molecule has 2 aliphatic heterocycles. The van der Waals surface area contributed by atoms with Crippen molar-refractivity contribution in [1.82, 2.24) is 10.2 Å². The average molecular weight is 266 g/mol. The molecule has 1 aromatic carbocycles. The predicted octanol–water partition coefficient (Wildman–Crippen LogP) is 1.93. The Morgan fingerprint density at radius 1 is 1.16 bits per heavy atom. The number of nitrogens with one attached hydrogen (secondary N) is 1. The number of benzene rings is 1. The van der Waals surface area contributed by atoms with Crippen LogP contribution >= 0.6 is 0 Å². The lowest BCUT2D eigenvalue weighted by atomic mass is 10.1. The van der Waals surface area contributed by atoms with Crippen LogP contribution in [0.25, 0.3) is 0 Å². The quantitative estimate of drug-likeness (QED) is 0.842. The molecule has 0 aromatic heterocycles.